The first kappa shape index (κ1) is 14.4. The molecule has 0 saturated carbocycles. The molecule has 0 atom stereocenters. The minimum atomic E-state index is -0.210. The molecule has 0 saturated heterocycles. The molecule has 2 aromatic heterocycles. The first-order valence-electron chi connectivity index (χ1n) is 6.20. The molecule has 7 heteroatoms. The molecule has 0 spiro atoms. The molecule has 0 radical (unpaired) electrons. The lowest BCUT2D eigenvalue weighted by molar-refractivity contribution is 0.0922. The Morgan fingerprint density at radius 2 is 2.40 bits per heavy atom. The van der Waals surface area contributed by atoms with Crippen molar-refractivity contribution in [2.75, 3.05) is 25.5 Å². The molecule has 6 nitrogen and oxygen atoms in total. The number of carbonyl (C=O) groups is 1. The number of nitrogens with zero attached hydrogens (tertiary/aromatic N) is 2. The maximum absolute atomic E-state index is 12.0. The standard InChI is InChI=1S/C13H16N4O2S/c1-2-3-7-19-8-6-15-12(18)11-10(14)9-4-5-16-17-13(9)20-11/h2,4-5H,1,3,6-8,14H2,(H,15,18). The van der Waals surface area contributed by atoms with Crippen LogP contribution in [0, 0.1) is 0 Å². The first-order chi connectivity index (χ1) is 9.74. The van der Waals surface area contributed by atoms with Gasteiger partial charge in [0.25, 0.3) is 5.91 Å². The zero-order valence-corrected chi connectivity index (χ0v) is 11.8. The monoisotopic (exact) mass is 292 g/mol. The largest absolute Gasteiger partial charge is 0.397 e. The molecule has 2 aromatic rings. The molecule has 0 aliphatic carbocycles. The number of nitrogens with one attached hydrogen (secondary N) is 1. The van der Waals surface area contributed by atoms with Gasteiger partial charge < -0.3 is 15.8 Å². The maximum Gasteiger partial charge on any atom is 0.263 e. The van der Waals surface area contributed by atoms with Gasteiger partial charge >= 0.3 is 0 Å². The van der Waals surface area contributed by atoms with Crippen molar-refractivity contribution in [1.82, 2.24) is 15.5 Å². The molecule has 0 aromatic carbocycles. The van der Waals surface area contributed by atoms with Crippen LogP contribution in [0.1, 0.15) is 16.1 Å². The fourth-order valence-corrected chi connectivity index (χ4v) is 2.58. The zero-order chi connectivity index (χ0) is 14.4. The highest BCUT2D eigenvalue weighted by Gasteiger charge is 2.16. The van der Waals surface area contributed by atoms with Crippen molar-refractivity contribution < 1.29 is 9.53 Å². The Morgan fingerprint density at radius 1 is 1.55 bits per heavy atom. The second kappa shape index (κ2) is 6.97. The molecule has 0 aliphatic heterocycles. The third-order valence-electron chi connectivity index (χ3n) is 2.62. The quantitative estimate of drug-likeness (QED) is 0.597. The van der Waals surface area contributed by atoms with Crippen LogP contribution in [0.5, 0.6) is 0 Å². The highest BCUT2D eigenvalue weighted by atomic mass is 32.1. The molecular formula is C13H16N4O2S. The summed E-state index contributed by atoms with van der Waals surface area (Å²) in [6.07, 6.45) is 4.15. The third kappa shape index (κ3) is 3.31. The lowest BCUT2D eigenvalue weighted by Gasteiger charge is -2.05. The van der Waals surface area contributed by atoms with E-state index in [0.717, 1.165) is 11.8 Å². The van der Waals surface area contributed by atoms with E-state index in [1.807, 2.05) is 0 Å². The van der Waals surface area contributed by atoms with Gasteiger partial charge in [0, 0.05) is 11.9 Å². The van der Waals surface area contributed by atoms with Gasteiger partial charge in [0.15, 0.2) is 0 Å². The first-order valence-corrected chi connectivity index (χ1v) is 7.02. The van der Waals surface area contributed by atoms with Crippen LogP contribution in [0.2, 0.25) is 0 Å². The topological polar surface area (TPSA) is 90.1 Å². The Bertz CT molecular complexity index is 611. The van der Waals surface area contributed by atoms with Gasteiger partial charge in [-0.1, -0.05) is 6.08 Å². The van der Waals surface area contributed by atoms with E-state index in [1.54, 1.807) is 18.3 Å². The Kier molecular flexibility index (Phi) is 5.03. The number of carbonyl (C=O) groups excluding carboxylic acids is 1. The third-order valence-corrected chi connectivity index (χ3v) is 3.73. The van der Waals surface area contributed by atoms with E-state index < -0.39 is 0 Å². The van der Waals surface area contributed by atoms with E-state index in [1.165, 1.54) is 11.3 Å². The summed E-state index contributed by atoms with van der Waals surface area (Å²) in [5, 5.41) is 11.3. The fraction of sp³-hybridized carbons (Fsp3) is 0.308. The molecule has 106 valence electrons. The normalized spacial score (nSPS) is 10.6. The van der Waals surface area contributed by atoms with Crippen LogP contribution in [0.3, 0.4) is 0 Å². The van der Waals surface area contributed by atoms with Gasteiger partial charge in [0.05, 0.1) is 25.1 Å². The number of rotatable bonds is 7. The molecular weight excluding hydrogens is 276 g/mol. The van der Waals surface area contributed by atoms with Gasteiger partial charge in [0.1, 0.15) is 9.71 Å². The molecule has 20 heavy (non-hydrogen) atoms. The van der Waals surface area contributed by atoms with E-state index in [2.05, 4.69) is 22.1 Å². The van der Waals surface area contributed by atoms with Crippen LogP contribution in [0.4, 0.5) is 5.69 Å². The van der Waals surface area contributed by atoms with Crippen molar-refractivity contribution in [2.24, 2.45) is 0 Å². The summed E-state index contributed by atoms with van der Waals surface area (Å²) in [6, 6.07) is 1.75. The Labute approximate surface area is 120 Å². The Morgan fingerprint density at radius 3 is 3.15 bits per heavy atom. The van der Waals surface area contributed by atoms with Gasteiger partial charge in [-0.2, -0.15) is 5.10 Å². The van der Waals surface area contributed by atoms with Crippen molar-refractivity contribution in [3.8, 4) is 0 Å². The van der Waals surface area contributed by atoms with E-state index >= 15 is 0 Å². The maximum atomic E-state index is 12.0. The summed E-state index contributed by atoms with van der Waals surface area (Å²) in [6.45, 7) is 5.12. The van der Waals surface area contributed by atoms with Crippen LogP contribution in [-0.4, -0.2) is 35.9 Å². The second-order valence-electron chi connectivity index (χ2n) is 4.04. The number of ether oxygens (including phenoxy) is 1. The van der Waals surface area contributed by atoms with E-state index in [4.69, 9.17) is 10.5 Å². The number of thiophene rings is 1. The van der Waals surface area contributed by atoms with E-state index in [0.29, 0.717) is 35.2 Å². The lowest BCUT2D eigenvalue weighted by atomic mass is 10.3. The summed E-state index contributed by atoms with van der Waals surface area (Å²) in [4.78, 5) is 13.2. The number of hydrogen-bond acceptors (Lipinski definition) is 6. The molecule has 0 bridgehead atoms. The minimum Gasteiger partial charge on any atom is -0.397 e. The molecule has 0 unspecified atom stereocenters. The van der Waals surface area contributed by atoms with Crippen LogP contribution < -0.4 is 11.1 Å². The van der Waals surface area contributed by atoms with Gasteiger partial charge in [-0.15, -0.1) is 23.0 Å². The number of nitrogens with two attached hydrogens (primary N) is 1. The van der Waals surface area contributed by atoms with Crippen molar-refractivity contribution >= 4 is 33.1 Å². The zero-order valence-electron chi connectivity index (χ0n) is 11.0. The van der Waals surface area contributed by atoms with Gasteiger partial charge in [-0.05, 0) is 12.5 Å². The molecule has 1 amide bonds. The second-order valence-corrected chi connectivity index (χ2v) is 5.04. The summed E-state index contributed by atoms with van der Waals surface area (Å²) >= 11 is 1.24. The van der Waals surface area contributed by atoms with Crippen molar-refractivity contribution in [1.29, 1.82) is 0 Å². The Hall–Kier alpha value is -1.99. The number of hydrogen-bond donors (Lipinski definition) is 2. The summed E-state index contributed by atoms with van der Waals surface area (Å²) in [5.74, 6) is -0.210. The van der Waals surface area contributed by atoms with Gasteiger partial charge in [-0.3, -0.25) is 4.79 Å². The highest BCUT2D eigenvalue weighted by molar-refractivity contribution is 7.21. The van der Waals surface area contributed by atoms with E-state index in [9.17, 15) is 4.79 Å². The van der Waals surface area contributed by atoms with Crippen LogP contribution in [0.25, 0.3) is 10.2 Å². The van der Waals surface area contributed by atoms with Crippen LogP contribution in [-0.2, 0) is 4.74 Å². The lowest BCUT2D eigenvalue weighted by Crippen LogP contribution is -2.27. The molecule has 0 aliphatic rings. The van der Waals surface area contributed by atoms with Crippen LogP contribution >= 0.6 is 11.3 Å². The summed E-state index contributed by atoms with van der Waals surface area (Å²) in [5.41, 5.74) is 6.40. The number of amides is 1. The summed E-state index contributed by atoms with van der Waals surface area (Å²) in [7, 11) is 0. The highest BCUT2D eigenvalue weighted by Crippen LogP contribution is 2.31. The van der Waals surface area contributed by atoms with E-state index in [-0.39, 0.29) is 5.91 Å². The molecule has 2 heterocycles. The number of nitrogen functional groups attached to an aromatic ring is 1. The smallest absolute Gasteiger partial charge is 0.263 e. The van der Waals surface area contributed by atoms with Crippen molar-refractivity contribution in [2.45, 2.75) is 6.42 Å². The Balaban J connectivity index is 1.91. The number of anilines is 1. The predicted molar refractivity (Wildman–Crippen MR) is 79.8 cm³/mol. The van der Waals surface area contributed by atoms with Gasteiger partial charge in [-0.25, -0.2) is 0 Å². The van der Waals surface area contributed by atoms with Crippen LogP contribution in [0.15, 0.2) is 24.9 Å². The number of fused-ring (bicyclic) bond motifs is 1. The average molecular weight is 292 g/mol. The minimum absolute atomic E-state index is 0.210. The molecule has 2 rings (SSSR count). The van der Waals surface area contributed by atoms with Crippen molar-refractivity contribution in [3.05, 3.63) is 29.8 Å². The predicted octanol–water partition coefficient (Wildman–Crippen LogP) is 1.60. The molecule has 0 fully saturated rings. The SMILES string of the molecule is C=CCCOCCNC(=O)c1sc2nnccc2c1N. The van der Waals surface area contributed by atoms with Gasteiger partial charge in [0.2, 0.25) is 0 Å². The number of aromatic nitrogens is 2. The summed E-state index contributed by atoms with van der Waals surface area (Å²) < 4.78 is 5.31. The fourth-order valence-electron chi connectivity index (χ4n) is 1.63. The van der Waals surface area contributed by atoms with Crippen molar-refractivity contribution in [3.63, 3.8) is 0 Å². The average Bonchev–Trinajstić information content (AvgIpc) is 2.80. The molecule has 3 N–H and O–H groups in total.